The van der Waals surface area contributed by atoms with E-state index in [2.05, 4.69) is 0 Å². The predicted octanol–water partition coefficient (Wildman–Crippen LogP) is 15.2. The zero-order valence-electron chi connectivity index (χ0n) is 64.3. The van der Waals surface area contributed by atoms with Crippen LogP contribution in [0.2, 0.25) is 0 Å². The summed E-state index contributed by atoms with van der Waals surface area (Å²) in [7, 11) is 0. The van der Waals surface area contributed by atoms with Crippen LogP contribution in [0.4, 0.5) is 17.1 Å². The van der Waals surface area contributed by atoms with Crippen LogP contribution in [0, 0.1) is 0 Å². The SMILES string of the molecule is [2H]c1c([2H])c([2H])c(-c2c([2H])c([2H])c(N(c3c([2H])c([2H])c(-c4c([2H])c([2H])c([2H])c([2H])c4[2H])c([2H])c3[2H])c3c([2H])c(-c4c([2H])c([2H])c([2H])c([2H])c4-n4c5c([2H])c([2H])c([2H])c([2H])c5c5c([2H])c([2H])c([2H])c([2H])c54)c4oc5c([2H])c([2H])c([2H])c([2H])c5c4c3[2H])c([2H])c2[2H])c([2H])c1[2H]. The van der Waals surface area contributed by atoms with Gasteiger partial charge in [-0.3, -0.25) is 0 Å². The number of para-hydroxylation sites is 4. The van der Waals surface area contributed by atoms with Crippen molar-refractivity contribution < 1.29 is 53.8 Å². The summed E-state index contributed by atoms with van der Waals surface area (Å²) in [6, 6.07) is -40.5. The first kappa shape index (κ1) is 12.7. The van der Waals surface area contributed by atoms with Crippen LogP contribution in [-0.4, -0.2) is 4.57 Å². The van der Waals surface area contributed by atoms with E-state index in [-0.39, 0.29) is 4.90 Å². The molecule has 0 unspecified atom stereocenters. The van der Waals surface area contributed by atoms with Gasteiger partial charge in [-0.05, 0) is 82.7 Å². The van der Waals surface area contributed by atoms with Crippen LogP contribution in [0.15, 0.2) is 222 Å². The molecular weight excluding hydrogens is 693 g/mol. The van der Waals surface area contributed by atoms with Crippen molar-refractivity contribution in [1.82, 2.24) is 4.57 Å². The van der Waals surface area contributed by atoms with Crippen molar-refractivity contribution in [3.8, 4) is 39.1 Å². The van der Waals surface area contributed by atoms with E-state index >= 15 is 0 Å². The minimum absolute atomic E-state index is 0.232. The van der Waals surface area contributed by atoms with E-state index in [9.17, 15) is 21.9 Å². The lowest BCUT2D eigenvalue weighted by atomic mass is 9.98. The molecular formula is C54H36N2O. The lowest BCUT2D eigenvalue weighted by Gasteiger charge is -2.27. The standard InChI is InChI=1S/C54H36N2O/c1-3-15-37(16-4-1)39-27-31-41(32-28-39)55(42-33-29-40(30-34-42)38-17-5-2-6-18-38)43-35-48(54-49(36-43)47-22-10-14-26-53(47)57-54)46-21-9-13-25-52(46)56-50-23-11-7-19-44(50)45-20-8-12-24-51(45)56/h1-36H/i1D,2D,3D,4D,5D,6D,7D,8D,9D,10D,11D,12D,13D,14D,15D,16D,17D,18D,19D,20D,21D,22D,23D,24D,25D,26D,27D,28D,29D,30D,31D,32D,33D,34D,35D,36D. The molecule has 0 aliphatic heterocycles. The summed E-state index contributed by atoms with van der Waals surface area (Å²) >= 11 is 0. The smallest absolute Gasteiger partial charge is 0.143 e. The second-order valence-corrected chi connectivity index (χ2v) is 11.8. The van der Waals surface area contributed by atoms with Gasteiger partial charge in [0.25, 0.3) is 0 Å². The third kappa shape index (κ3) is 5.60. The van der Waals surface area contributed by atoms with Crippen molar-refractivity contribution in [3.63, 3.8) is 0 Å². The van der Waals surface area contributed by atoms with Gasteiger partial charge in [0.05, 0.1) is 66.1 Å². The molecule has 0 spiro atoms. The summed E-state index contributed by atoms with van der Waals surface area (Å²) in [6.45, 7) is 0. The number of hydrogen-bond acceptors (Lipinski definition) is 2. The fourth-order valence-corrected chi connectivity index (χ4v) is 6.20. The fourth-order valence-electron chi connectivity index (χ4n) is 6.20. The molecule has 0 N–H and O–H groups in total. The van der Waals surface area contributed by atoms with E-state index in [1.165, 1.54) is 0 Å². The molecule has 57 heavy (non-hydrogen) atoms. The van der Waals surface area contributed by atoms with Crippen LogP contribution in [0.25, 0.3) is 82.8 Å². The molecule has 0 aliphatic carbocycles. The van der Waals surface area contributed by atoms with Gasteiger partial charge in [-0.1, -0.05) is 157 Å². The lowest BCUT2D eigenvalue weighted by molar-refractivity contribution is 0.670. The Hall–Kier alpha value is -7.62. The fraction of sp³-hybridized carbons (Fsp3) is 0. The molecule has 0 radical (unpaired) electrons. The molecule has 0 amide bonds. The Bertz CT molecular complexity index is 5030. The van der Waals surface area contributed by atoms with E-state index in [0.717, 1.165) is 0 Å². The minimum atomic E-state index is -1.43. The van der Waals surface area contributed by atoms with E-state index < -0.39 is 317 Å². The molecule has 0 fully saturated rings. The predicted molar refractivity (Wildman–Crippen MR) is 239 cm³/mol. The summed E-state index contributed by atoms with van der Waals surface area (Å²) in [5, 5.41) is -3.00. The maximum atomic E-state index is 10.6. The Morgan fingerprint density at radius 1 is 0.368 bits per heavy atom. The van der Waals surface area contributed by atoms with Crippen LogP contribution < -0.4 is 4.90 Å². The average molecular weight is 765 g/mol. The number of aromatic nitrogens is 1. The van der Waals surface area contributed by atoms with Gasteiger partial charge in [0.1, 0.15) is 11.2 Å². The minimum Gasteiger partial charge on any atom is -0.455 e. The zero-order chi connectivity index (χ0) is 69.0. The summed E-state index contributed by atoms with van der Waals surface area (Å²) in [5.41, 5.74) is -14.5. The Labute approximate surface area is 381 Å². The molecule has 0 atom stereocenters. The molecule has 0 aliphatic rings. The highest BCUT2D eigenvalue weighted by molar-refractivity contribution is 6.13. The van der Waals surface area contributed by atoms with E-state index in [4.69, 9.17) is 31.8 Å². The highest BCUT2D eigenvalue weighted by Crippen LogP contribution is 2.46. The van der Waals surface area contributed by atoms with Gasteiger partial charge in [0.15, 0.2) is 0 Å². The quantitative estimate of drug-likeness (QED) is 0.161. The Kier molecular flexibility index (Phi) is 3.03. The number of hydrogen-bond donors (Lipinski definition) is 0. The third-order valence-electron chi connectivity index (χ3n) is 8.62. The van der Waals surface area contributed by atoms with Gasteiger partial charge >= 0.3 is 0 Å². The maximum Gasteiger partial charge on any atom is 0.143 e. The summed E-state index contributed by atoms with van der Waals surface area (Å²) in [6.07, 6.45) is 0. The van der Waals surface area contributed by atoms with Crippen molar-refractivity contribution in [2.45, 2.75) is 0 Å². The number of benzene rings is 9. The summed E-state index contributed by atoms with van der Waals surface area (Å²) < 4.78 is 335. The second kappa shape index (κ2) is 13.6. The largest absolute Gasteiger partial charge is 0.455 e. The van der Waals surface area contributed by atoms with Crippen molar-refractivity contribution >= 4 is 60.8 Å². The highest BCUT2D eigenvalue weighted by Gasteiger charge is 2.23. The average Bonchev–Trinajstić information content (AvgIpc) is 1.61. The molecule has 3 nitrogen and oxygen atoms in total. The Morgan fingerprint density at radius 3 is 1.44 bits per heavy atom. The van der Waals surface area contributed by atoms with Gasteiger partial charge in [0, 0.05) is 49.7 Å². The number of anilines is 3. The van der Waals surface area contributed by atoms with Crippen molar-refractivity contribution in [2.75, 3.05) is 4.90 Å². The Balaban J connectivity index is 1.45. The summed E-state index contributed by atoms with van der Waals surface area (Å²) in [5.74, 6) is 0. The van der Waals surface area contributed by atoms with Gasteiger partial charge in [-0.25, -0.2) is 0 Å². The van der Waals surface area contributed by atoms with Gasteiger partial charge in [-0.15, -0.1) is 0 Å². The maximum absolute atomic E-state index is 10.6. The first-order chi connectivity index (χ1) is 43.3. The second-order valence-electron chi connectivity index (χ2n) is 11.8. The molecule has 9 aromatic carbocycles. The highest BCUT2D eigenvalue weighted by atomic mass is 16.3. The molecule has 11 aromatic rings. The van der Waals surface area contributed by atoms with Crippen LogP contribution >= 0.6 is 0 Å². The van der Waals surface area contributed by atoms with E-state index in [1.807, 2.05) is 0 Å². The van der Waals surface area contributed by atoms with Crippen LogP contribution in [0.5, 0.6) is 0 Å². The topological polar surface area (TPSA) is 21.3 Å². The van der Waals surface area contributed by atoms with Crippen LogP contribution in [-0.2, 0) is 0 Å². The lowest BCUT2D eigenvalue weighted by Crippen LogP contribution is -2.10. The van der Waals surface area contributed by atoms with Crippen LogP contribution in [0.3, 0.4) is 0 Å². The van der Waals surface area contributed by atoms with Crippen molar-refractivity contribution in [1.29, 1.82) is 0 Å². The normalized spacial score (nSPS) is 20.4. The van der Waals surface area contributed by atoms with Crippen molar-refractivity contribution in [3.05, 3.63) is 218 Å². The van der Waals surface area contributed by atoms with Gasteiger partial charge in [-0.2, -0.15) is 0 Å². The molecule has 0 bridgehead atoms. The summed E-state index contributed by atoms with van der Waals surface area (Å²) in [4.78, 5) is 0.232. The Morgan fingerprint density at radius 2 is 0.842 bits per heavy atom. The molecule has 2 aromatic heterocycles. The molecule has 11 rings (SSSR count). The molecule has 0 saturated heterocycles. The zero-order valence-corrected chi connectivity index (χ0v) is 28.3. The number of nitrogens with zero attached hydrogens (tertiary/aromatic N) is 2. The number of rotatable bonds is 7. The first-order valence-corrected chi connectivity index (χ1v) is 16.5. The third-order valence-corrected chi connectivity index (χ3v) is 8.62. The van der Waals surface area contributed by atoms with Crippen molar-refractivity contribution in [2.24, 2.45) is 0 Å². The molecule has 3 heteroatoms. The number of furan rings is 1. The van der Waals surface area contributed by atoms with E-state index in [1.54, 1.807) is 0 Å². The molecule has 268 valence electrons. The first-order valence-electron chi connectivity index (χ1n) is 34.5. The molecule has 2 heterocycles. The molecule has 0 saturated carbocycles. The number of fused-ring (bicyclic) bond motifs is 6. The van der Waals surface area contributed by atoms with Crippen LogP contribution in [0.1, 0.15) is 49.3 Å². The monoisotopic (exact) mass is 765 g/mol. The van der Waals surface area contributed by atoms with Gasteiger partial charge < -0.3 is 13.9 Å². The van der Waals surface area contributed by atoms with Gasteiger partial charge in [0.2, 0.25) is 0 Å². The van der Waals surface area contributed by atoms with E-state index in [0.29, 0.717) is 4.57 Å².